The van der Waals surface area contributed by atoms with Crippen LogP contribution in [0.5, 0.6) is 0 Å². The van der Waals surface area contributed by atoms with Crippen molar-refractivity contribution in [2.24, 2.45) is 5.92 Å². The van der Waals surface area contributed by atoms with Gasteiger partial charge in [-0.05, 0) is 91.9 Å². The summed E-state index contributed by atoms with van der Waals surface area (Å²) in [5.41, 5.74) is 5.79. The van der Waals surface area contributed by atoms with Gasteiger partial charge < -0.3 is 5.11 Å². The molecule has 0 aliphatic rings. The van der Waals surface area contributed by atoms with Gasteiger partial charge in [-0.1, -0.05) is 53.5 Å². The van der Waals surface area contributed by atoms with Crippen LogP contribution in [0.2, 0.25) is 0 Å². The lowest BCUT2D eigenvalue weighted by Crippen LogP contribution is -2.03. The van der Waals surface area contributed by atoms with E-state index in [1.165, 1.54) is 28.7 Å². The summed E-state index contributed by atoms with van der Waals surface area (Å²) in [4.78, 5) is 10.7. The smallest absolute Gasteiger partial charge is 0.303 e. The highest BCUT2D eigenvalue weighted by Gasteiger charge is 2.06. The number of hydrogen-bond acceptors (Lipinski definition) is 1. The Morgan fingerprint density at radius 1 is 0.741 bits per heavy atom. The number of aliphatic carboxylic acids is 1. The van der Waals surface area contributed by atoms with Crippen molar-refractivity contribution >= 4 is 5.97 Å². The second-order valence-electron chi connectivity index (χ2n) is 8.33. The zero-order chi connectivity index (χ0) is 20.7. The fourth-order valence-electron chi connectivity index (χ4n) is 3.00. The summed E-state index contributed by atoms with van der Waals surface area (Å²) in [6.45, 7) is 13.0. The van der Waals surface area contributed by atoms with E-state index in [0.29, 0.717) is 0 Å². The molecule has 0 saturated carbocycles. The maximum absolute atomic E-state index is 10.7. The van der Waals surface area contributed by atoms with E-state index in [1.807, 2.05) is 6.92 Å². The van der Waals surface area contributed by atoms with Crippen LogP contribution in [-0.4, -0.2) is 11.1 Å². The Hall–Kier alpha value is -1.57. The van der Waals surface area contributed by atoms with Gasteiger partial charge in [0, 0.05) is 6.42 Å². The lowest BCUT2D eigenvalue weighted by atomic mass is 10.00. The first-order chi connectivity index (χ1) is 12.7. The van der Waals surface area contributed by atoms with E-state index in [1.54, 1.807) is 0 Å². The van der Waals surface area contributed by atoms with Gasteiger partial charge in [0.05, 0.1) is 0 Å². The molecule has 27 heavy (non-hydrogen) atoms. The van der Waals surface area contributed by atoms with Gasteiger partial charge in [-0.3, -0.25) is 4.79 Å². The summed E-state index contributed by atoms with van der Waals surface area (Å²) < 4.78 is 0. The molecule has 0 aliphatic carbocycles. The molecular formula is C25H42O2. The molecule has 2 nitrogen and oxygen atoms in total. The Morgan fingerprint density at radius 2 is 1.15 bits per heavy atom. The Morgan fingerprint density at radius 3 is 1.56 bits per heavy atom. The van der Waals surface area contributed by atoms with Gasteiger partial charge in [0.1, 0.15) is 0 Å². The molecular weight excluding hydrogens is 332 g/mol. The number of carbonyl (C=O) groups is 1. The van der Waals surface area contributed by atoms with Gasteiger partial charge in [-0.25, -0.2) is 0 Å². The molecule has 0 rings (SSSR count). The van der Waals surface area contributed by atoms with Crippen molar-refractivity contribution < 1.29 is 9.90 Å². The monoisotopic (exact) mass is 374 g/mol. The summed E-state index contributed by atoms with van der Waals surface area (Å²) in [5, 5.41) is 8.78. The highest BCUT2D eigenvalue weighted by molar-refractivity contribution is 5.66. The van der Waals surface area contributed by atoms with Crippen LogP contribution in [0, 0.1) is 5.92 Å². The second-order valence-corrected chi connectivity index (χ2v) is 8.33. The van der Waals surface area contributed by atoms with Gasteiger partial charge in [-0.2, -0.15) is 0 Å². The predicted molar refractivity (Wildman–Crippen MR) is 119 cm³/mol. The molecule has 0 heterocycles. The lowest BCUT2D eigenvalue weighted by molar-refractivity contribution is -0.138. The van der Waals surface area contributed by atoms with Gasteiger partial charge in [0.2, 0.25) is 0 Å². The van der Waals surface area contributed by atoms with Gasteiger partial charge in [-0.15, -0.1) is 0 Å². The molecule has 0 aromatic heterocycles. The van der Waals surface area contributed by atoms with Gasteiger partial charge >= 0.3 is 5.97 Å². The molecule has 154 valence electrons. The Kier molecular flexibility index (Phi) is 14.6. The standard InChI is InChI=1S/C25H42O2/c1-20(2)11-7-12-21(3)13-8-14-22(4)15-9-16-23(5)17-10-18-24(6)19-25(26)27/h11,13,15,17,24H,7-10,12,14,16,18-19H2,1-6H3,(H,26,27)/b21-13+,22-15+,23-17-/t24-/m0/s1. The fourth-order valence-corrected chi connectivity index (χ4v) is 3.00. The van der Waals surface area contributed by atoms with Crippen LogP contribution in [0.25, 0.3) is 0 Å². The number of hydrogen-bond donors (Lipinski definition) is 1. The summed E-state index contributed by atoms with van der Waals surface area (Å²) in [6.07, 6.45) is 18.4. The van der Waals surface area contributed by atoms with Gasteiger partial charge in [0.25, 0.3) is 0 Å². The molecule has 1 atom stereocenters. The predicted octanol–water partition coefficient (Wildman–Crippen LogP) is 8.02. The molecule has 0 radical (unpaired) electrons. The van der Waals surface area contributed by atoms with E-state index in [4.69, 9.17) is 5.11 Å². The highest BCUT2D eigenvalue weighted by Crippen LogP contribution is 2.15. The van der Waals surface area contributed by atoms with Crippen LogP contribution in [0.4, 0.5) is 0 Å². The molecule has 0 aromatic carbocycles. The molecule has 0 unspecified atom stereocenters. The second kappa shape index (κ2) is 15.5. The molecule has 0 spiro atoms. The molecule has 0 amide bonds. The van der Waals surface area contributed by atoms with Crippen molar-refractivity contribution in [2.75, 3.05) is 0 Å². The van der Waals surface area contributed by atoms with Crippen molar-refractivity contribution in [1.29, 1.82) is 0 Å². The van der Waals surface area contributed by atoms with Crippen molar-refractivity contribution in [2.45, 2.75) is 99.3 Å². The van der Waals surface area contributed by atoms with Crippen LogP contribution < -0.4 is 0 Å². The summed E-state index contributed by atoms with van der Waals surface area (Å²) in [5.74, 6) is -0.436. The molecule has 0 bridgehead atoms. The van der Waals surface area contributed by atoms with Crippen LogP contribution >= 0.6 is 0 Å². The molecule has 0 saturated heterocycles. The number of rotatable bonds is 14. The first-order valence-corrected chi connectivity index (χ1v) is 10.5. The fraction of sp³-hybridized carbons (Fsp3) is 0.640. The third-order valence-electron chi connectivity index (χ3n) is 4.83. The van der Waals surface area contributed by atoms with Crippen molar-refractivity contribution in [3.8, 4) is 0 Å². The van der Waals surface area contributed by atoms with Crippen LogP contribution in [0.15, 0.2) is 46.6 Å². The normalized spacial score (nSPS) is 14.2. The summed E-state index contributed by atoms with van der Waals surface area (Å²) in [6, 6.07) is 0. The Labute approximate surface area is 168 Å². The molecule has 1 N–H and O–H groups in total. The summed E-state index contributed by atoms with van der Waals surface area (Å²) in [7, 11) is 0. The first-order valence-electron chi connectivity index (χ1n) is 10.5. The van der Waals surface area contributed by atoms with Crippen LogP contribution in [-0.2, 0) is 4.79 Å². The minimum Gasteiger partial charge on any atom is -0.481 e. The van der Waals surface area contributed by atoms with Crippen molar-refractivity contribution in [3.63, 3.8) is 0 Å². The van der Waals surface area contributed by atoms with Crippen LogP contribution in [0.1, 0.15) is 99.3 Å². The van der Waals surface area contributed by atoms with E-state index in [-0.39, 0.29) is 12.3 Å². The topological polar surface area (TPSA) is 37.3 Å². The molecule has 0 fully saturated rings. The molecule has 2 heteroatoms. The minimum absolute atomic E-state index is 0.257. The summed E-state index contributed by atoms with van der Waals surface area (Å²) >= 11 is 0. The molecule has 0 aliphatic heterocycles. The number of carboxylic acid groups (broad SMARTS) is 1. The Bertz CT molecular complexity index is 543. The maximum Gasteiger partial charge on any atom is 0.303 e. The number of carboxylic acids is 1. The third kappa shape index (κ3) is 17.6. The average molecular weight is 375 g/mol. The quantitative estimate of drug-likeness (QED) is 0.312. The SMILES string of the molecule is CC(C)=CCC/C(C)=C/CC/C(C)=C/CC/C(C)=C\CC[C@H](C)CC(=O)O. The van der Waals surface area contributed by atoms with E-state index < -0.39 is 5.97 Å². The van der Waals surface area contributed by atoms with E-state index >= 15 is 0 Å². The van der Waals surface area contributed by atoms with Crippen molar-refractivity contribution in [1.82, 2.24) is 0 Å². The Balaban J connectivity index is 4.01. The minimum atomic E-state index is -0.693. The zero-order valence-corrected chi connectivity index (χ0v) is 18.6. The molecule has 0 aromatic rings. The average Bonchev–Trinajstić information content (AvgIpc) is 2.53. The third-order valence-corrected chi connectivity index (χ3v) is 4.83. The highest BCUT2D eigenvalue weighted by atomic mass is 16.4. The van der Waals surface area contributed by atoms with Crippen LogP contribution in [0.3, 0.4) is 0 Å². The first kappa shape index (κ1) is 25.4. The number of allylic oxidation sites excluding steroid dienone is 8. The van der Waals surface area contributed by atoms with E-state index in [0.717, 1.165) is 44.9 Å². The van der Waals surface area contributed by atoms with E-state index in [9.17, 15) is 4.79 Å². The largest absolute Gasteiger partial charge is 0.481 e. The van der Waals surface area contributed by atoms with E-state index in [2.05, 4.69) is 58.9 Å². The lowest BCUT2D eigenvalue weighted by Gasteiger charge is -2.06. The van der Waals surface area contributed by atoms with Crippen molar-refractivity contribution in [3.05, 3.63) is 46.6 Å². The zero-order valence-electron chi connectivity index (χ0n) is 18.6. The van der Waals surface area contributed by atoms with Gasteiger partial charge in [0.15, 0.2) is 0 Å². The maximum atomic E-state index is 10.7.